The Hall–Kier alpha value is -3.92. The second kappa shape index (κ2) is 11.1. The van der Waals surface area contributed by atoms with Crippen LogP contribution < -0.4 is 19.7 Å². The van der Waals surface area contributed by atoms with Gasteiger partial charge >= 0.3 is 5.97 Å². The summed E-state index contributed by atoms with van der Waals surface area (Å²) in [6.45, 7) is 0. The number of hydrogen-bond donors (Lipinski definition) is 1. The van der Waals surface area contributed by atoms with Crippen molar-refractivity contribution in [1.82, 2.24) is 0 Å². The number of nitrogens with one attached hydrogen (secondary N) is 1. The lowest BCUT2D eigenvalue weighted by molar-refractivity contribution is 0.0596. The molecule has 0 radical (unpaired) electrons. The van der Waals surface area contributed by atoms with Crippen LogP contribution in [0.4, 0.5) is 11.4 Å². The molecule has 1 N–H and O–H groups in total. The highest BCUT2D eigenvalue weighted by Gasteiger charge is 2.17. The number of rotatable bonds is 8. The standard InChI is InChI=1S/C23H20BrN3O6/c1-30-19-12-15(13-20(31-2)21(19)32-3)22(28)26-25-17-8-10-18(11-9-17)27-33-23(29)14-4-6-16(24)7-5-14/h4-13,27H,1-3H3. The summed E-state index contributed by atoms with van der Waals surface area (Å²) in [5.41, 5.74) is 4.16. The summed E-state index contributed by atoms with van der Waals surface area (Å²) in [6, 6.07) is 16.3. The van der Waals surface area contributed by atoms with E-state index in [4.69, 9.17) is 19.0 Å². The van der Waals surface area contributed by atoms with Gasteiger partial charge in [0, 0.05) is 4.47 Å². The van der Waals surface area contributed by atoms with Gasteiger partial charge in [0.05, 0.1) is 43.8 Å². The molecule has 33 heavy (non-hydrogen) atoms. The van der Waals surface area contributed by atoms with Gasteiger partial charge < -0.3 is 19.0 Å². The van der Waals surface area contributed by atoms with Crippen LogP contribution in [0.15, 0.2) is 75.4 Å². The highest BCUT2D eigenvalue weighted by molar-refractivity contribution is 9.10. The maximum atomic E-state index is 12.5. The summed E-state index contributed by atoms with van der Waals surface area (Å²) in [5.74, 6) is -0.0634. The number of halogens is 1. The van der Waals surface area contributed by atoms with E-state index in [-0.39, 0.29) is 5.56 Å². The summed E-state index contributed by atoms with van der Waals surface area (Å²) < 4.78 is 16.6. The fraction of sp³-hybridized carbons (Fsp3) is 0.130. The zero-order chi connectivity index (χ0) is 23.8. The molecule has 0 aliphatic carbocycles. The first-order valence-corrected chi connectivity index (χ1v) is 10.3. The smallest absolute Gasteiger partial charge is 0.362 e. The molecule has 0 heterocycles. The normalized spacial score (nSPS) is 10.5. The van der Waals surface area contributed by atoms with E-state index in [0.717, 1.165) is 4.47 Å². The largest absolute Gasteiger partial charge is 0.493 e. The highest BCUT2D eigenvalue weighted by Crippen LogP contribution is 2.38. The summed E-state index contributed by atoms with van der Waals surface area (Å²) in [7, 11) is 4.39. The van der Waals surface area contributed by atoms with E-state index in [2.05, 4.69) is 31.6 Å². The maximum absolute atomic E-state index is 12.5. The van der Waals surface area contributed by atoms with Crippen LogP contribution in [-0.2, 0) is 4.84 Å². The van der Waals surface area contributed by atoms with Crippen molar-refractivity contribution in [3.8, 4) is 17.2 Å². The van der Waals surface area contributed by atoms with Crippen LogP contribution in [0.2, 0.25) is 0 Å². The number of azo groups is 1. The molecule has 0 fully saturated rings. The van der Waals surface area contributed by atoms with Crippen LogP contribution in [0.25, 0.3) is 0 Å². The Bertz CT molecular complexity index is 1140. The van der Waals surface area contributed by atoms with E-state index in [1.54, 1.807) is 48.5 Å². The minimum absolute atomic E-state index is 0.228. The Labute approximate surface area is 198 Å². The van der Waals surface area contributed by atoms with Crippen molar-refractivity contribution in [2.45, 2.75) is 0 Å². The first-order chi connectivity index (χ1) is 15.9. The number of methoxy groups -OCH3 is 3. The fourth-order valence-electron chi connectivity index (χ4n) is 2.71. The van der Waals surface area contributed by atoms with Crippen LogP contribution in [0, 0.1) is 0 Å². The Morgan fingerprint density at radius 3 is 1.97 bits per heavy atom. The SMILES string of the molecule is COc1cc(C(=O)N=Nc2ccc(NOC(=O)c3ccc(Br)cc3)cc2)cc(OC)c1OC. The molecule has 3 rings (SSSR count). The van der Waals surface area contributed by atoms with Crippen molar-refractivity contribution >= 4 is 39.2 Å². The molecule has 0 bridgehead atoms. The number of ether oxygens (including phenoxy) is 3. The van der Waals surface area contributed by atoms with Crippen molar-refractivity contribution in [3.63, 3.8) is 0 Å². The number of benzene rings is 3. The quantitative estimate of drug-likeness (QED) is 0.309. The lowest BCUT2D eigenvalue weighted by Gasteiger charge is -2.12. The third-order valence-corrected chi connectivity index (χ3v) is 4.91. The number of carbonyl (C=O) groups is 2. The predicted molar refractivity (Wildman–Crippen MR) is 125 cm³/mol. The summed E-state index contributed by atoms with van der Waals surface area (Å²) in [4.78, 5) is 29.6. The third-order valence-electron chi connectivity index (χ3n) is 4.38. The first-order valence-electron chi connectivity index (χ1n) is 9.54. The van der Waals surface area contributed by atoms with Gasteiger partial charge in [-0.15, -0.1) is 10.2 Å². The molecular formula is C23H20BrN3O6. The molecular weight excluding hydrogens is 494 g/mol. The number of amides is 1. The lowest BCUT2D eigenvalue weighted by atomic mass is 10.1. The van der Waals surface area contributed by atoms with Gasteiger partial charge in [-0.3, -0.25) is 4.79 Å². The van der Waals surface area contributed by atoms with Gasteiger partial charge in [0.15, 0.2) is 11.5 Å². The minimum Gasteiger partial charge on any atom is -0.493 e. The molecule has 0 aliphatic rings. The summed E-state index contributed by atoms with van der Waals surface area (Å²) in [5, 5.41) is 7.70. The van der Waals surface area contributed by atoms with Crippen molar-refractivity contribution in [2.75, 3.05) is 26.8 Å². The Balaban J connectivity index is 1.63. The van der Waals surface area contributed by atoms with Crippen molar-refractivity contribution in [3.05, 3.63) is 76.3 Å². The number of carbonyl (C=O) groups excluding carboxylic acids is 2. The van der Waals surface area contributed by atoms with E-state index in [1.807, 2.05) is 0 Å². The minimum atomic E-state index is -0.583. The van der Waals surface area contributed by atoms with Gasteiger partial charge in [0.25, 0.3) is 5.91 Å². The van der Waals surface area contributed by atoms with Crippen LogP contribution in [-0.4, -0.2) is 33.2 Å². The molecule has 0 saturated carbocycles. The fourth-order valence-corrected chi connectivity index (χ4v) is 2.98. The second-order valence-electron chi connectivity index (χ2n) is 6.46. The van der Waals surface area contributed by atoms with Gasteiger partial charge in [-0.2, -0.15) is 0 Å². The second-order valence-corrected chi connectivity index (χ2v) is 7.38. The number of nitrogens with zero attached hydrogens (tertiary/aromatic N) is 2. The molecule has 0 unspecified atom stereocenters. The first kappa shape index (κ1) is 23.7. The third kappa shape index (κ3) is 6.07. The zero-order valence-corrected chi connectivity index (χ0v) is 19.6. The van der Waals surface area contributed by atoms with Crippen LogP contribution >= 0.6 is 15.9 Å². The van der Waals surface area contributed by atoms with E-state index in [9.17, 15) is 9.59 Å². The van der Waals surface area contributed by atoms with E-state index >= 15 is 0 Å². The van der Waals surface area contributed by atoms with Crippen LogP contribution in [0.1, 0.15) is 20.7 Å². The molecule has 3 aromatic carbocycles. The lowest BCUT2D eigenvalue weighted by Crippen LogP contribution is -2.10. The molecule has 1 amide bonds. The molecule has 0 saturated heterocycles. The van der Waals surface area contributed by atoms with Crippen molar-refractivity contribution in [1.29, 1.82) is 0 Å². The Morgan fingerprint density at radius 1 is 0.818 bits per heavy atom. The van der Waals surface area contributed by atoms with Crippen LogP contribution in [0.3, 0.4) is 0 Å². The Morgan fingerprint density at radius 2 is 1.42 bits per heavy atom. The van der Waals surface area contributed by atoms with Gasteiger partial charge in [-0.1, -0.05) is 15.9 Å². The monoisotopic (exact) mass is 513 g/mol. The van der Waals surface area contributed by atoms with Gasteiger partial charge in [-0.05, 0) is 60.7 Å². The zero-order valence-electron chi connectivity index (χ0n) is 18.0. The molecule has 0 spiro atoms. The molecule has 9 nitrogen and oxygen atoms in total. The van der Waals surface area contributed by atoms with Gasteiger partial charge in [-0.25, -0.2) is 10.3 Å². The van der Waals surface area contributed by atoms with Crippen molar-refractivity contribution in [2.24, 2.45) is 10.2 Å². The molecule has 10 heteroatoms. The van der Waals surface area contributed by atoms with E-state index in [0.29, 0.717) is 34.2 Å². The van der Waals surface area contributed by atoms with Gasteiger partial charge in [0.1, 0.15) is 0 Å². The number of anilines is 1. The predicted octanol–water partition coefficient (Wildman–Crippen LogP) is 5.58. The highest BCUT2D eigenvalue weighted by atomic mass is 79.9. The average molecular weight is 514 g/mol. The summed E-state index contributed by atoms with van der Waals surface area (Å²) in [6.07, 6.45) is 0. The molecule has 0 aromatic heterocycles. The molecule has 3 aromatic rings. The Kier molecular flexibility index (Phi) is 7.98. The van der Waals surface area contributed by atoms with Crippen molar-refractivity contribution < 1.29 is 28.6 Å². The molecule has 170 valence electrons. The van der Waals surface area contributed by atoms with Crippen LogP contribution in [0.5, 0.6) is 17.2 Å². The van der Waals surface area contributed by atoms with E-state index in [1.165, 1.54) is 33.5 Å². The van der Waals surface area contributed by atoms with Gasteiger partial charge in [0.2, 0.25) is 5.75 Å². The average Bonchev–Trinajstić information content (AvgIpc) is 2.85. The maximum Gasteiger partial charge on any atom is 0.362 e. The topological polar surface area (TPSA) is 108 Å². The summed E-state index contributed by atoms with van der Waals surface area (Å²) >= 11 is 3.31. The molecule has 0 aliphatic heterocycles. The molecule has 0 atom stereocenters. The number of hydrogen-bond acceptors (Lipinski definition) is 8. The van der Waals surface area contributed by atoms with E-state index < -0.39 is 11.9 Å².